The SMILES string of the molecule is CN(CC1CCCCO1)C(CN)c1ccc(Cl)cc1F. The third-order valence-electron chi connectivity index (χ3n) is 3.84. The number of likely N-dealkylation sites (N-methyl/N-ethyl adjacent to an activating group) is 1. The molecule has 2 N–H and O–H groups in total. The minimum atomic E-state index is -0.302. The number of benzene rings is 1. The van der Waals surface area contributed by atoms with Crippen molar-refractivity contribution in [3.05, 3.63) is 34.6 Å². The lowest BCUT2D eigenvalue weighted by Gasteiger charge is -2.32. The summed E-state index contributed by atoms with van der Waals surface area (Å²) < 4.78 is 19.8. The van der Waals surface area contributed by atoms with Crippen LogP contribution in [0.1, 0.15) is 30.9 Å². The molecule has 1 fully saturated rings. The van der Waals surface area contributed by atoms with Crippen LogP contribution in [0.15, 0.2) is 18.2 Å². The van der Waals surface area contributed by atoms with E-state index in [4.69, 9.17) is 22.1 Å². The first-order valence-electron chi connectivity index (χ1n) is 7.08. The fraction of sp³-hybridized carbons (Fsp3) is 0.600. The molecule has 0 spiro atoms. The van der Waals surface area contributed by atoms with E-state index in [9.17, 15) is 4.39 Å². The highest BCUT2D eigenvalue weighted by Crippen LogP contribution is 2.25. The van der Waals surface area contributed by atoms with E-state index in [0.717, 1.165) is 26.0 Å². The van der Waals surface area contributed by atoms with Gasteiger partial charge in [-0.15, -0.1) is 0 Å². The minimum absolute atomic E-state index is 0.155. The van der Waals surface area contributed by atoms with E-state index in [1.54, 1.807) is 12.1 Å². The third-order valence-corrected chi connectivity index (χ3v) is 4.08. The Morgan fingerprint density at radius 2 is 2.30 bits per heavy atom. The molecule has 1 aliphatic heterocycles. The summed E-state index contributed by atoms with van der Waals surface area (Å²) in [5.74, 6) is -0.302. The van der Waals surface area contributed by atoms with Crippen LogP contribution < -0.4 is 5.73 Å². The number of hydrogen-bond donors (Lipinski definition) is 1. The molecule has 1 aliphatic rings. The average Bonchev–Trinajstić information content (AvgIpc) is 2.43. The van der Waals surface area contributed by atoms with Gasteiger partial charge < -0.3 is 10.5 Å². The molecule has 112 valence electrons. The zero-order chi connectivity index (χ0) is 14.5. The average molecular weight is 301 g/mol. The Hall–Kier alpha value is -0.680. The maximum atomic E-state index is 14.0. The van der Waals surface area contributed by atoms with Crippen LogP contribution in [0.25, 0.3) is 0 Å². The van der Waals surface area contributed by atoms with Crippen LogP contribution >= 0.6 is 11.6 Å². The maximum Gasteiger partial charge on any atom is 0.129 e. The number of nitrogens with two attached hydrogens (primary N) is 1. The number of halogens is 2. The molecular formula is C15H22ClFN2O. The molecule has 5 heteroatoms. The standard InChI is InChI=1S/C15H22ClFN2O/c1-19(10-12-4-2-3-7-20-12)15(9-18)13-6-5-11(16)8-14(13)17/h5-6,8,12,15H,2-4,7,9-10,18H2,1H3. The Labute approximate surface area is 124 Å². The third kappa shape index (κ3) is 3.92. The van der Waals surface area contributed by atoms with Gasteiger partial charge in [-0.1, -0.05) is 17.7 Å². The zero-order valence-electron chi connectivity index (χ0n) is 11.8. The van der Waals surface area contributed by atoms with Gasteiger partial charge in [-0.2, -0.15) is 0 Å². The quantitative estimate of drug-likeness (QED) is 0.908. The highest BCUT2D eigenvalue weighted by atomic mass is 35.5. The summed E-state index contributed by atoms with van der Waals surface area (Å²) in [5, 5.41) is 0.403. The van der Waals surface area contributed by atoms with Crippen molar-refractivity contribution in [2.24, 2.45) is 5.73 Å². The van der Waals surface area contributed by atoms with E-state index in [1.807, 2.05) is 7.05 Å². The summed E-state index contributed by atoms with van der Waals surface area (Å²) in [5.41, 5.74) is 6.43. The zero-order valence-corrected chi connectivity index (χ0v) is 12.6. The molecule has 0 radical (unpaired) electrons. The van der Waals surface area contributed by atoms with Gasteiger partial charge in [-0.3, -0.25) is 4.90 Å². The van der Waals surface area contributed by atoms with Crippen molar-refractivity contribution in [2.75, 3.05) is 26.7 Å². The van der Waals surface area contributed by atoms with Crippen molar-refractivity contribution in [1.29, 1.82) is 0 Å². The summed E-state index contributed by atoms with van der Waals surface area (Å²) in [6, 6.07) is 4.60. The summed E-state index contributed by atoms with van der Waals surface area (Å²) >= 11 is 5.80. The molecule has 1 aromatic carbocycles. The number of rotatable bonds is 5. The van der Waals surface area contributed by atoms with Gasteiger partial charge in [-0.05, 0) is 38.4 Å². The van der Waals surface area contributed by atoms with Crippen molar-refractivity contribution in [3.63, 3.8) is 0 Å². The predicted molar refractivity (Wildman–Crippen MR) is 79.4 cm³/mol. The molecule has 1 saturated heterocycles. The molecule has 0 amide bonds. The Bertz CT molecular complexity index is 438. The first-order valence-corrected chi connectivity index (χ1v) is 7.46. The highest BCUT2D eigenvalue weighted by Gasteiger charge is 2.23. The van der Waals surface area contributed by atoms with Crippen molar-refractivity contribution >= 4 is 11.6 Å². The molecule has 20 heavy (non-hydrogen) atoms. The molecular weight excluding hydrogens is 279 g/mol. The summed E-state index contributed by atoms with van der Waals surface area (Å²) in [7, 11) is 1.96. The van der Waals surface area contributed by atoms with E-state index in [1.165, 1.54) is 12.5 Å². The Kier molecular flexibility index (Phi) is 5.78. The van der Waals surface area contributed by atoms with Crippen LogP contribution in [0.3, 0.4) is 0 Å². The van der Waals surface area contributed by atoms with Gasteiger partial charge in [0.25, 0.3) is 0 Å². The first-order chi connectivity index (χ1) is 9.61. The molecule has 3 nitrogen and oxygen atoms in total. The maximum absolute atomic E-state index is 14.0. The predicted octanol–water partition coefficient (Wildman–Crippen LogP) is 2.98. The van der Waals surface area contributed by atoms with Crippen LogP contribution in [0.2, 0.25) is 5.02 Å². The van der Waals surface area contributed by atoms with Crippen molar-refractivity contribution in [2.45, 2.75) is 31.4 Å². The molecule has 2 rings (SSSR count). The van der Waals surface area contributed by atoms with E-state index in [-0.39, 0.29) is 18.0 Å². The lowest BCUT2D eigenvalue weighted by atomic mass is 10.0. The molecule has 2 unspecified atom stereocenters. The Morgan fingerprint density at radius 1 is 1.50 bits per heavy atom. The lowest BCUT2D eigenvalue weighted by Crippen LogP contribution is -2.38. The van der Waals surface area contributed by atoms with Crippen LogP contribution in [-0.2, 0) is 4.74 Å². The topological polar surface area (TPSA) is 38.5 Å². The Morgan fingerprint density at radius 3 is 2.90 bits per heavy atom. The molecule has 1 aromatic rings. The van der Waals surface area contributed by atoms with Crippen molar-refractivity contribution in [1.82, 2.24) is 4.90 Å². The van der Waals surface area contributed by atoms with Crippen LogP contribution in [0.5, 0.6) is 0 Å². The second kappa shape index (κ2) is 7.36. The number of nitrogens with zero attached hydrogens (tertiary/aromatic N) is 1. The van der Waals surface area contributed by atoms with Gasteiger partial charge in [0.15, 0.2) is 0 Å². The van der Waals surface area contributed by atoms with Crippen molar-refractivity contribution in [3.8, 4) is 0 Å². The summed E-state index contributed by atoms with van der Waals surface area (Å²) in [6.07, 6.45) is 3.61. The van der Waals surface area contributed by atoms with Crippen molar-refractivity contribution < 1.29 is 9.13 Å². The number of hydrogen-bond acceptors (Lipinski definition) is 3. The van der Waals surface area contributed by atoms with Gasteiger partial charge in [0.2, 0.25) is 0 Å². The van der Waals surface area contributed by atoms with E-state index < -0.39 is 0 Å². The second-order valence-electron chi connectivity index (χ2n) is 5.35. The second-order valence-corrected chi connectivity index (χ2v) is 5.78. The number of ether oxygens (including phenoxy) is 1. The van der Waals surface area contributed by atoms with Gasteiger partial charge >= 0.3 is 0 Å². The fourth-order valence-corrected chi connectivity index (χ4v) is 2.87. The molecule has 2 atom stereocenters. The van der Waals surface area contributed by atoms with E-state index in [2.05, 4.69) is 4.90 Å². The van der Waals surface area contributed by atoms with Crippen LogP contribution in [0.4, 0.5) is 4.39 Å². The van der Waals surface area contributed by atoms with Gasteiger partial charge in [-0.25, -0.2) is 4.39 Å². The molecule has 1 heterocycles. The Balaban J connectivity index is 2.06. The highest BCUT2D eigenvalue weighted by molar-refractivity contribution is 6.30. The van der Waals surface area contributed by atoms with Crippen LogP contribution in [-0.4, -0.2) is 37.7 Å². The molecule has 0 aromatic heterocycles. The smallest absolute Gasteiger partial charge is 0.129 e. The van der Waals surface area contributed by atoms with E-state index in [0.29, 0.717) is 17.1 Å². The lowest BCUT2D eigenvalue weighted by molar-refractivity contribution is -0.00799. The molecule has 0 bridgehead atoms. The molecule has 0 aliphatic carbocycles. The van der Waals surface area contributed by atoms with Gasteiger partial charge in [0, 0.05) is 36.3 Å². The summed E-state index contributed by atoms with van der Waals surface area (Å²) in [4.78, 5) is 2.07. The first kappa shape index (κ1) is 15.7. The molecule has 0 saturated carbocycles. The summed E-state index contributed by atoms with van der Waals surface area (Å²) in [6.45, 7) is 1.95. The normalized spacial score (nSPS) is 21.1. The minimum Gasteiger partial charge on any atom is -0.377 e. The largest absolute Gasteiger partial charge is 0.377 e. The van der Waals surface area contributed by atoms with Gasteiger partial charge in [0.1, 0.15) is 5.82 Å². The van der Waals surface area contributed by atoms with Crippen LogP contribution in [0, 0.1) is 5.82 Å². The fourth-order valence-electron chi connectivity index (χ4n) is 2.72. The van der Waals surface area contributed by atoms with Gasteiger partial charge in [0.05, 0.1) is 6.10 Å². The van der Waals surface area contributed by atoms with E-state index >= 15 is 0 Å². The monoisotopic (exact) mass is 300 g/mol.